The Morgan fingerprint density at radius 3 is 2.52 bits per heavy atom. The van der Waals surface area contributed by atoms with E-state index in [9.17, 15) is 14.4 Å². The molecular formula is C20H21Cl2N3O4. The number of imide groups is 1. The first-order valence-electron chi connectivity index (χ1n) is 8.99. The standard InChI is InChI=1S/C20H21Cl2N3O4/c1-10-7-14(12(3)29-10)20(4)18(27)25(19(28)24-20)9-17(26)23-11(2)13-5-6-15(21)16(22)8-13/h5-8,11H,9H2,1-4H3,(H,23,26)(H,24,28). The van der Waals surface area contributed by atoms with Gasteiger partial charge >= 0.3 is 6.03 Å². The molecule has 2 unspecified atom stereocenters. The predicted molar refractivity (Wildman–Crippen MR) is 109 cm³/mol. The Bertz CT molecular complexity index is 1000. The Morgan fingerprint density at radius 1 is 1.24 bits per heavy atom. The Morgan fingerprint density at radius 2 is 1.93 bits per heavy atom. The summed E-state index contributed by atoms with van der Waals surface area (Å²) < 4.78 is 5.49. The maximum atomic E-state index is 13.0. The van der Waals surface area contributed by atoms with E-state index in [1.54, 1.807) is 52.0 Å². The number of rotatable bonds is 5. The number of benzene rings is 1. The number of furan rings is 1. The lowest BCUT2D eigenvalue weighted by atomic mass is 9.92. The molecule has 4 amide bonds. The number of halogens is 2. The van der Waals surface area contributed by atoms with Gasteiger partial charge in [0, 0.05) is 5.56 Å². The van der Waals surface area contributed by atoms with E-state index >= 15 is 0 Å². The van der Waals surface area contributed by atoms with Gasteiger partial charge in [0.1, 0.15) is 23.6 Å². The Labute approximate surface area is 178 Å². The van der Waals surface area contributed by atoms with Gasteiger partial charge in [0.2, 0.25) is 5.91 Å². The molecule has 1 fully saturated rings. The number of nitrogens with zero attached hydrogens (tertiary/aromatic N) is 1. The third kappa shape index (κ3) is 3.97. The summed E-state index contributed by atoms with van der Waals surface area (Å²) in [5.74, 6) is 0.186. The Kier molecular flexibility index (Phi) is 5.65. The maximum absolute atomic E-state index is 13.0. The molecule has 9 heteroatoms. The van der Waals surface area contributed by atoms with Gasteiger partial charge in [-0.1, -0.05) is 29.3 Å². The predicted octanol–water partition coefficient (Wildman–Crippen LogP) is 3.85. The molecular weight excluding hydrogens is 417 g/mol. The molecule has 1 saturated heterocycles. The van der Waals surface area contributed by atoms with Gasteiger partial charge < -0.3 is 15.1 Å². The molecule has 1 aromatic carbocycles. The summed E-state index contributed by atoms with van der Waals surface area (Å²) in [6.45, 7) is 6.45. The number of hydrogen-bond acceptors (Lipinski definition) is 4. The van der Waals surface area contributed by atoms with Crippen molar-refractivity contribution in [3.05, 3.63) is 57.0 Å². The van der Waals surface area contributed by atoms with E-state index in [2.05, 4.69) is 10.6 Å². The fraction of sp³-hybridized carbons (Fsp3) is 0.350. The van der Waals surface area contributed by atoms with Crippen molar-refractivity contribution in [2.75, 3.05) is 6.54 Å². The number of hydrogen-bond donors (Lipinski definition) is 2. The van der Waals surface area contributed by atoms with Gasteiger partial charge in [-0.05, 0) is 51.5 Å². The molecule has 2 heterocycles. The third-order valence-corrected chi connectivity index (χ3v) is 5.72. The van der Waals surface area contributed by atoms with E-state index in [4.69, 9.17) is 27.6 Å². The van der Waals surface area contributed by atoms with E-state index in [0.717, 1.165) is 10.5 Å². The lowest BCUT2D eigenvalue weighted by molar-refractivity contribution is -0.135. The normalized spacial score (nSPS) is 20.0. The van der Waals surface area contributed by atoms with Crippen molar-refractivity contribution in [2.24, 2.45) is 0 Å². The van der Waals surface area contributed by atoms with Crippen LogP contribution in [0.1, 0.15) is 42.5 Å². The van der Waals surface area contributed by atoms with Crippen LogP contribution in [0.2, 0.25) is 10.0 Å². The van der Waals surface area contributed by atoms with Gasteiger partial charge in [-0.2, -0.15) is 0 Å². The first-order valence-corrected chi connectivity index (χ1v) is 9.74. The molecule has 2 atom stereocenters. The number of carbonyl (C=O) groups is 3. The van der Waals surface area contributed by atoms with Crippen molar-refractivity contribution >= 4 is 41.0 Å². The average Bonchev–Trinajstić information content (AvgIpc) is 3.09. The second-order valence-corrected chi connectivity index (χ2v) is 8.05. The molecule has 29 heavy (non-hydrogen) atoms. The van der Waals surface area contributed by atoms with Crippen LogP contribution in [0.25, 0.3) is 0 Å². The SMILES string of the molecule is Cc1cc(C2(C)NC(=O)N(CC(=O)NC(C)c3ccc(Cl)c(Cl)c3)C2=O)c(C)o1. The summed E-state index contributed by atoms with van der Waals surface area (Å²) >= 11 is 11.9. The largest absolute Gasteiger partial charge is 0.466 e. The monoisotopic (exact) mass is 437 g/mol. The van der Waals surface area contributed by atoms with Crippen LogP contribution in [-0.4, -0.2) is 29.3 Å². The lowest BCUT2D eigenvalue weighted by Gasteiger charge is -2.21. The Hall–Kier alpha value is -2.51. The van der Waals surface area contributed by atoms with Crippen molar-refractivity contribution in [1.82, 2.24) is 15.5 Å². The van der Waals surface area contributed by atoms with Crippen LogP contribution in [0.3, 0.4) is 0 Å². The van der Waals surface area contributed by atoms with Crippen LogP contribution in [0, 0.1) is 13.8 Å². The maximum Gasteiger partial charge on any atom is 0.325 e. The minimum Gasteiger partial charge on any atom is -0.466 e. The number of amides is 4. The fourth-order valence-corrected chi connectivity index (χ4v) is 3.75. The summed E-state index contributed by atoms with van der Waals surface area (Å²) in [6.07, 6.45) is 0. The zero-order chi connectivity index (χ0) is 21.5. The van der Waals surface area contributed by atoms with Crippen LogP contribution >= 0.6 is 23.2 Å². The van der Waals surface area contributed by atoms with Crippen molar-refractivity contribution < 1.29 is 18.8 Å². The zero-order valence-electron chi connectivity index (χ0n) is 16.4. The first kappa shape index (κ1) is 21.2. The van der Waals surface area contributed by atoms with Crippen molar-refractivity contribution in [3.63, 3.8) is 0 Å². The van der Waals surface area contributed by atoms with E-state index in [1.807, 2.05) is 0 Å². The number of carbonyl (C=O) groups excluding carboxylic acids is 3. The van der Waals surface area contributed by atoms with Crippen LogP contribution in [0.4, 0.5) is 4.79 Å². The molecule has 7 nitrogen and oxygen atoms in total. The van der Waals surface area contributed by atoms with Gasteiger partial charge in [-0.15, -0.1) is 0 Å². The quantitative estimate of drug-likeness (QED) is 0.694. The smallest absolute Gasteiger partial charge is 0.325 e. The van der Waals surface area contributed by atoms with Crippen molar-refractivity contribution in [1.29, 1.82) is 0 Å². The summed E-state index contributed by atoms with van der Waals surface area (Å²) in [5, 5.41) is 6.22. The highest BCUT2D eigenvalue weighted by molar-refractivity contribution is 6.42. The topological polar surface area (TPSA) is 91.7 Å². The lowest BCUT2D eigenvalue weighted by Crippen LogP contribution is -2.43. The van der Waals surface area contributed by atoms with E-state index in [-0.39, 0.29) is 6.04 Å². The highest BCUT2D eigenvalue weighted by atomic mass is 35.5. The van der Waals surface area contributed by atoms with Gasteiger partial charge in [0.25, 0.3) is 5.91 Å². The highest BCUT2D eigenvalue weighted by Gasteiger charge is 2.51. The molecule has 2 N–H and O–H groups in total. The molecule has 154 valence electrons. The molecule has 1 aliphatic rings. The Balaban J connectivity index is 1.72. The minimum absolute atomic E-state index is 0.376. The van der Waals surface area contributed by atoms with E-state index in [0.29, 0.717) is 27.1 Å². The van der Waals surface area contributed by atoms with Gasteiger partial charge in [0.05, 0.1) is 16.1 Å². The molecule has 0 saturated carbocycles. The van der Waals surface area contributed by atoms with Crippen LogP contribution in [0.5, 0.6) is 0 Å². The fourth-order valence-electron chi connectivity index (χ4n) is 3.45. The molecule has 0 spiro atoms. The molecule has 2 aromatic rings. The molecule has 3 rings (SSSR count). The molecule has 1 aliphatic heterocycles. The second kappa shape index (κ2) is 7.72. The van der Waals surface area contributed by atoms with Gasteiger partial charge in [-0.25, -0.2) is 4.79 Å². The summed E-state index contributed by atoms with van der Waals surface area (Å²) in [6, 6.07) is 5.73. The van der Waals surface area contributed by atoms with Gasteiger partial charge in [0.15, 0.2) is 0 Å². The van der Waals surface area contributed by atoms with E-state index in [1.165, 1.54) is 0 Å². The summed E-state index contributed by atoms with van der Waals surface area (Å²) in [7, 11) is 0. The molecule has 0 radical (unpaired) electrons. The van der Waals surface area contributed by atoms with Crippen molar-refractivity contribution in [3.8, 4) is 0 Å². The van der Waals surface area contributed by atoms with Crippen LogP contribution in [0.15, 0.2) is 28.7 Å². The third-order valence-electron chi connectivity index (χ3n) is 4.98. The number of aryl methyl sites for hydroxylation is 2. The second-order valence-electron chi connectivity index (χ2n) is 7.24. The summed E-state index contributed by atoms with van der Waals surface area (Å²) in [5.41, 5.74) is 0.0360. The van der Waals surface area contributed by atoms with Crippen LogP contribution < -0.4 is 10.6 Å². The summed E-state index contributed by atoms with van der Waals surface area (Å²) in [4.78, 5) is 38.8. The highest BCUT2D eigenvalue weighted by Crippen LogP contribution is 2.33. The average molecular weight is 438 g/mol. The molecule has 1 aromatic heterocycles. The molecule has 0 aliphatic carbocycles. The van der Waals surface area contributed by atoms with Gasteiger partial charge in [-0.3, -0.25) is 14.5 Å². The zero-order valence-corrected chi connectivity index (χ0v) is 17.9. The minimum atomic E-state index is -1.28. The van der Waals surface area contributed by atoms with Crippen LogP contribution in [-0.2, 0) is 15.1 Å². The number of urea groups is 1. The number of nitrogens with one attached hydrogen (secondary N) is 2. The first-order chi connectivity index (χ1) is 13.5. The van der Waals surface area contributed by atoms with Crippen molar-refractivity contribution in [2.45, 2.75) is 39.3 Å². The molecule has 0 bridgehead atoms. The van der Waals surface area contributed by atoms with E-state index < -0.39 is 29.9 Å².